The van der Waals surface area contributed by atoms with Gasteiger partial charge in [0.1, 0.15) is 11.9 Å². The van der Waals surface area contributed by atoms with Gasteiger partial charge in [-0.05, 0) is 54.4 Å². The van der Waals surface area contributed by atoms with E-state index in [-0.39, 0.29) is 81.6 Å². The van der Waals surface area contributed by atoms with Crippen molar-refractivity contribution in [2.24, 2.45) is 5.41 Å². The number of aromatic nitrogens is 2. The summed E-state index contributed by atoms with van der Waals surface area (Å²) in [6.07, 6.45) is -8.76. The average Bonchev–Trinajstić information content (AvgIpc) is 3.60. The highest BCUT2D eigenvalue weighted by molar-refractivity contribution is 6.39. The number of rotatable bonds is 10. The third kappa shape index (κ3) is 8.67. The SMILES string of the molecule is CC(C)(C)C(=O)NCc1ccc(Cl)c(Nc2nc3cc(C(=O)Nc4ccc(OC(F)(F)F)cc4)c(N4CCC(F)C4)cc3n2CC(F)F)c1Cl. The Morgan fingerprint density at radius 3 is 2.36 bits per heavy atom. The number of imidazole rings is 1. The smallest absolute Gasteiger partial charge is 0.406 e. The van der Waals surface area contributed by atoms with Gasteiger partial charge < -0.3 is 30.2 Å². The van der Waals surface area contributed by atoms with E-state index in [0.717, 1.165) is 12.1 Å². The van der Waals surface area contributed by atoms with Crippen LogP contribution in [0.2, 0.25) is 10.0 Å². The average molecular weight is 746 g/mol. The molecule has 268 valence electrons. The highest BCUT2D eigenvalue weighted by atomic mass is 35.5. The van der Waals surface area contributed by atoms with Crippen molar-refractivity contribution in [1.82, 2.24) is 14.9 Å². The lowest BCUT2D eigenvalue weighted by atomic mass is 9.95. The topological polar surface area (TPSA) is 101 Å². The van der Waals surface area contributed by atoms with Crippen LogP contribution in [0, 0.1) is 5.41 Å². The molecule has 3 aromatic carbocycles. The molecule has 17 heteroatoms. The van der Waals surface area contributed by atoms with Gasteiger partial charge in [0.25, 0.3) is 12.3 Å². The van der Waals surface area contributed by atoms with Crippen LogP contribution >= 0.6 is 23.2 Å². The summed E-state index contributed by atoms with van der Waals surface area (Å²) in [6, 6.07) is 10.4. The van der Waals surface area contributed by atoms with Gasteiger partial charge in [-0.15, -0.1) is 13.2 Å². The minimum atomic E-state index is -4.90. The molecular formula is C33H32Cl2F6N6O3. The van der Waals surface area contributed by atoms with Crippen molar-refractivity contribution in [2.45, 2.75) is 59.2 Å². The highest BCUT2D eigenvalue weighted by Gasteiger charge is 2.31. The number of hydrogen-bond acceptors (Lipinski definition) is 6. The molecule has 3 N–H and O–H groups in total. The second-order valence-electron chi connectivity index (χ2n) is 12.6. The number of alkyl halides is 6. The summed E-state index contributed by atoms with van der Waals surface area (Å²) in [6.45, 7) is 4.65. The molecule has 1 atom stereocenters. The Hall–Kier alpha value is -4.37. The predicted octanol–water partition coefficient (Wildman–Crippen LogP) is 8.71. The van der Waals surface area contributed by atoms with E-state index in [1.807, 2.05) is 0 Å². The van der Waals surface area contributed by atoms with Crippen LogP contribution < -0.4 is 25.6 Å². The molecule has 4 aromatic rings. The number of hydrogen-bond donors (Lipinski definition) is 3. The molecule has 1 fully saturated rings. The number of benzene rings is 3. The molecule has 0 saturated carbocycles. The van der Waals surface area contributed by atoms with Crippen molar-refractivity contribution >= 4 is 69.1 Å². The number of amides is 2. The van der Waals surface area contributed by atoms with Crippen LogP contribution in [-0.2, 0) is 17.9 Å². The molecule has 9 nitrogen and oxygen atoms in total. The zero-order valence-electron chi connectivity index (χ0n) is 26.9. The lowest BCUT2D eigenvalue weighted by Gasteiger charge is -2.22. The zero-order chi connectivity index (χ0) is 36.5. The molecule has 1 aromatic heterocycles. The van der Waals surface area contributed by atoms with Gasteiger partial charge in [-0.1, -0.05) is 50.0 Å². The van der Waals surface area contributed by atoms with Crippen LogP contribution in [0.3, 0.4) is 0 Å². The lowest BCUT2D eigenvalue weighted by molar-refractivity contribution is -0.274. The third-order valence-corrected chi connectivity index (χ3v) is 8.52. The number of fused-ring (bicyclic) bond motifs is 1. The zero-order valence-corrected chi connectivity index (χ0v) is 28.4. The Balaban J connectivity index is 1.53. The minimum Gasteiger partial charge on any atom is -0.406 e. The fourth-order valence-electron chi connectivity index (χ4n) is 5.30. The van der Waals surface area contributed by atoms with Crippen molar-refractivity contribution in [2.75, 3.05) is 28.6 Å². The van der Waals surface area contributed by atoms with E-state index in [9.17, 15) is 35.9 Å². The summed E-state index contributed by atoms with van der Waals surface area (Å²) < 4.78 is 85.2. The summed E-state index contributed by atoms with van der Waals surface area (Å²) in [5.74, 6) is -1.51. The standard InChI is InChI=1S/C33H32Cl2F6N6O3/c1-32(2,3)30(49)42-14-17-4-9-22(34)28(27(17)35)45-31-44-23-12-21(29(48)43-19-5-7-20(8-6-19)50-33(39,40)41)24(46-11-10-18(36)15-46)13-25(23)47(31)16-26(37)38/h4-9,12-13,18,26H,10-11,14-16H2,1-3H3,(H,42,49)(H,43,48)(H,44,45). The van der Waals surface area contributed by atoms with Crippen LogP contribution in [0.15, 0.2) is 48.5 Å². The fourth-order valence-corrected chi connectivity index (χ4v) is 5.83. The molecule has 2 amide bonds. The van der Waals surface area contributed by atoms with Gasteiger partial charge in [-0.3, -0.25) is 9.59 Å². The maximum Gasteiger partial charge on any atom is 0.573 e. The van der Waals surface area contributed by atoms with Crippen LogP contribution in [0.4, 0.5) is 49.4 Å². The molecule has 1 aliphatic heterocycles. The van der Waals surface area contributed by atoms with E-state index in [0.29, 0.717) is 5.56 Å². The quantitative estimate of drug-likeness (QED) is 0.141. The van der Waals surface area contributed by atoms with Crippen molar-refractivity contribution in [3.05, 3.63) is 69.7 Å². The number of halogens is 8. The van der Waals surface area contributed by atoms with Crippen molar-refractivity contribution in [1.29, 1.82) is 0 Å². The number of anilines is 4. The monoisotopic (exact) mass is 744 g/mol. The van der Waals surface area contributed by atoms with Crippen molar-refractivity contribution in [3.63, 3.8) is 0 Å². The molecule has 0 radical (unpaired) electrons. The molecule has 2 heterocycles. The largest absolute Gasteiger partial charge is 0.573 e. The van der Waals surface area contributed by atoms with E-state index >= 15 is 0 Å². The second-order valence-corrected chi connectivity index (χ2v) is 13.4. The summed E-state index contributed by atoms with van der Waals surface area (Å²) in [7, 11) is 0. The Bertz CT molecular complexity index is 1900. The molecule has 0 bridgehead atoms. The number of ether oxygens (including phenoxy) is 1. The van der Waals surface area contributed by atoms with Gasteiger partial charge in [0.2, 0.25) is 11.9 Å². The van der Waals surface area contributed by atoms with Gasteiger partial charge in [0, 0.05) is 30.7 Å². The van der Waals surface area contributed by atoms with E-state index in [1.54, 1.807) is 31.7 Å². The van der Waals surface area contributed by atoms with Crippen molar-refractivity contribution < 1.29 is 40.7 Å². The van der Waals surface area contributed by atoms with E-state index in [1.165, 1.54) is 34.9 Å². The lowest BCUT2D eigenvalue weighted by Crippen LogP contribution is -2.34. The molecule has 50 heavy (non-hydrogen) atoms. The Labute approximate surface area is 292 Å². The first-order valence-corrected chi connectivity index (χ1v) is 16.1. The molecule has 1 aliphatic rings. The first kappa shape index (κ1) is 36.9. The fraction of sp³-hybridized carbons (Fsp3) is 0.364. The number of carbonyl (C=O) groups is 2. The highest BCUT2D eigenvalue weighted by Crippen LogP contribution is 2.38. The molecule has 0 spiro atoms. The first-order chi connectivity index (χ1) is 23.4. The first-order valence-electron chi connectivity index (χ1n) is 15.3. The van der Waals surface area contributed by atoms with Crippen LogP contribution in [0.5, 0.6) is 5.75 Å². The predicted molar refractivity (Wildman–Crippen MR) is 180 cm³/mol. The molecule has 0 aliphatic carbocycles. The number of nitrogens with zero attached hydrogens (tertiary/aromatic N) is 3. The van der Waals surface area contributed by atoms with Crippen molar-refractivity contribution in [3.8, 4) is 5.75 Å². The number of carbonyl (C=O) groups excluding carboxylic acids is 2. The van der Waals surface area contributed by atoms with E-state index in [2.05, 4.69) is 25.7 Å². The maximum absolute atomic E-state index is 14.4. The van der Waals surface area contributed by atoms with Gasteiger partial charge in [-0.25, -0.2) is 18.2 Å². The summed E-state index contributed by atoms with van der Waals surface area (Å²) in [5.41, 5.74) is 0.660. The molecule has 1 unspecified atom stereocenters. The minimum absolute atomic E-state index is 0.0168. The summed E-state index contributed by atoms with van der Waals surface area (Å²) in [4.78, 5) is 32.2. The molecular weight excluding hydrogens is 713 g/mol. The maximum atomic E-state index is 14.4. The van der Waals surface area contributed by atoms with Crippen LogP contribution in [-0.4, -0.2) is 53.4 Å². The Kier molecular flexibility index (Phi) is 10.7. The van der Waals surface area contributed by atoms with E-state index in [4.69, 9.17) is 23.2 Å². The number of nitrogens with one attached hydrogen (secondary N) is 3. The summed E-state index contributed by atoms with van der Waals surface area (Å²) >= 11 is 13.2. The van der Waals surface area contributed by atoms with Crippen LogP contribution in [0.25, 0.3) is 11.0 Å². The normalized spacial score (nSPS) is 15.1. The van der Waals surface area contributed by atoms with Gasteiger partial charge in [0.15, 0.2) is 0 Å². The Morgan fingerprint density at radius 2 is 1.76 bits per heavy atom. The third-order valence-electron chi connectivity index (χ3n) is 7.78. The van der Waals surface area contributed by atoms with Crippen LogP contribution in [0.1, 0.15) is 43.1 Å². The van der Waals surface area contributed by atoms with Gasteiger partial charge in [0.05, 0.1) is 44.6 Å². The van der Waals surface area contributed by atoms with E-state index < -0.39 is 42.6 Å². The summed E-state index contributed by atoms with van der Waals surface area (Å²) in [5, 5.41) is 8.59. The second kappa shape index (κ2) is 14.5. The van der Waals surface area contributed by atoms with Gasteiger partial charge in [-0.2, -0.15) is 0 Å². The Morgan fingerprint density at radius 1 is 1.06 bits per heavy atom. The molecule has 1 saturated heterocycles. The molecule has 5 rings (SSSR count). The van der Waals surface area contributed by atoms with Gasteiger partial charge >= 0.3 is 6.36 Å².